The summed E-state index contributed by atoms with van der Waals surface area (Å²) in [5.41, 5.74) is 3.99. The lowest BCUT2D eigenvalue weighted by molar-refractivity contribution is -0.137. The number of likely N-dealkylation sites (N-methyl/N-ethyl adjacent to an activating group) is 1. The second-order valence-corrected chi connectivity index (χ2v) is 18.1. The number of rotatable bonds is 18. The standard InChI is InChI=1S/C49H62N8O8/c1-4-38-49(63)54(2)40-29-50-43(52-46(40)57(38)34-10-5-6-11-34)28-33-16-15-32(27-42(33)64-3)41(58)26-31-19-21-55(22-20-31)23-25-65-24-8-7-14-44(59)51-37-13-9-12-35-36(37)30-56(48(35)62)39-17-18-45(60)53-47(39)61/h9,12-13,15-16,27,29,31,34,38-39H,4-8,10-11,14,17-26,28,30H2,1-3H3,(H,51,59)(H,53,60,61)/t38-,39?/m1/s1. The van der Waals surface area contributed by atoms with Crippen molar-refractivity contribution in [1.82, 2.24) is 25.1 Å². The van der Waals surface area contributed by atoms with Crippen molar-refractivity contribution < 1.29 is 38.2 Å². The minimum atomic E-state index is -0.711. The third-order valence-corrected chi connectivity index (χ3v) is 14.0. The lowest BCUT2D eigenvalue weighted by atomic mass is 9.89. The minimum Gasteiger partial charge on any atom is -0.496 e. The molecule has 5 heterocycles. The first-order valence-electron chi connectivity index (χ1n) is 23.5. The van der Waals surface area contributed by atoms with Crippen LogP contribution in [0.1, 0.15) is 128 Å². The van der Waals surface area contributed by atoms with Gasteiger partial charge >= 0.3 is 0 Å². The van der Waals surface area contributed by atoms with E-state index >= 15 is 0 Å². The van der Waals surface area contributed by atoms with Gasteiger partial charge in [-0.05, 0) is 88.6 Å². The highest BCUT2D eigenvalue weighted by atomic mass is 16.5. The fraction of sp³-hybridized carbons (Fsp3) is 0.551. The van der Waals surface area contributed by atoms with Crippen LogP contribution in [0.2, 0.25) is 0 Å². The van der Waals surface area contributed by atoms with Crippen LogP contribution in [0.5, 0.6) is 5.75 Å². The Kier molecular flexibility index (Phi) is 14.5. The monoisotopic (exact) mass is 890 g/mol. The number of piperidine rings is 2. The van der Waals surface area contributed by atoms with Crippen LogP contribution in [0.15, 0.2) is 42.6 Å². The van der Waals surface area contributed by atoms with Crippen LogP contribution in [-0.2, 0) is 36.9 Å². The van der Waals surface area contributed by atoms with Crippen LogP contribution in [0.3, 0.4) is 0 Å². The molecule has 1 unspecified atom stereocenters. The number of fused-ring (bicyclic) bond motifs is 2. The molecular weight excluding hydrogens is 829 g/mol. The number of imide groups is 1. The summed E-state index contributed by atoms with van der Waals surface area (Å²) in [4.78, 5) is 94.4. The Balaban J connectivity index is 0.734. The molecule has 65 heavy (non-hydrogen) atoms. The molecule has 16 heteroatoms. The van der Waals surface area contributed by atoms with Gasteiger partial charge in [-0.3, -0.25) is 34.1 Å². The van der Waals surface area contributed by atoms with Gasteiger partial charge in [-0.1, -0.05) is 38.0 Å². The summed E-state index contributed by atoms with van der Waals surface area (Å²) < 4.78 is 11.7. The van der Waals surface area contributed by atoms with Crippen LogP contribution in [0.4, 0.5) is 17.2 Å². The molecule has 5 aliphatic rings. The molecule has 2 saturated heterocycles. The topological polar surface area (TPSA) is 184 Å². The fourth-order valence-corrected chi connectivity index (χ4v) is 10.2. The highest BCUT2D eigenvalue weighted by Gasteiger charge is 2.42. The molecule has 8 rings (SSSR count). The van der Waals surface area contributed by atoms with E-state index in [4.69, 9.17) is 14.5 Å². The second-order valence-electron chi connectivity index (χ2n) is 18.1. The molecule has 1 saturated carbocycles. The first-order chi connectivity index (χ1) is 31.5. The van der Waals surface area contributed by atoms with E-state index in [1.165, 1.54) is 4.90 Å². The number of methoxy groups -OCH3 is 1. The van der Waals surface area contributed by atoms with Gasteiger partial charge in [-0.25, -0.2) is 9.97 Å². The Morgan fingerprint density at radius 1 is 0.969 bits per heavy atom. The maximum Gasteiger partial charge on any atom is 0.255 e. The summed E-state index contributed by atoms with van der Waals surface area (Å²) in [5.74, 6) is 1.39. The van der Waals surface area contributed by atoms with Crippen molar-refractivity contribution in [2.24, 2.45) is 5.92 Å². The number of hydrogen-bond donors (Lipinski definition) is 2. The number of hydrogen-bond acceptors (Lipinski definition) is 12. The second kappa shape index (κ2) is 20.6. The molecule has 2 aromatic carbocycles. The summed E-state index contributed by atoms with van der Waals surface area (Å²) in [6, 6.07) is 10.2. The van der Waals surface area contributed by atoms with E-state index < -0.39 is 11.9 Å². The van der Waals surface area contributed by atoms with Crippen molar-refractivity contribution in [3.05, 3.63) is 70.7 Å². The molecule has 16 nitrogen and oxygen atoms in total. The van der Waals surface area contributed by atoms with Gasteiger partial charge in [0.25, 0.3) is 5.91 Å². The number of benzene rings is 2. The number of ketones is 1. The van der Waals surface area contributed by atoms with E-state index in [9.17, 15) is 28.8 Å². The van der Waals surface area contributed by atoms with Crippen molar-refractivity contribution >= 4 is 52.5 Å². The van der Waals surface area contributed by atoms with Gasteiger partial charge < -0.3 is 34.4 Å². The number of carbonyl (C=O) groups excluding carboxylic acids is 6. The summed E-state index contributed by atoms with van der Waals surface area (Å²) in [7, 11) is 3.43. The number of amides is 5. The molecule has 5 amide bonds. The molecular formula is C49H62N8O8. The fourth-order valence-electron chi connectivity index (χ4n) is 10.2. The predicted molar refractivity (Wildman–Crippen MR) is 244 cm³/mol. The highest BCUT2D eigenvalue weighted by molar-refractivity contribution is 6.07. The number of carbonyl (C=O) groups is 6. The van der Waals surface area contributed by atoms with Gasteiger partial charge in [0.05, 0.1) is 19.9 Å². The van der Waals surface area contributed by atoms with Crippen molar-refractivity contribution in [3.8, 4) is 5.75 Å². The molecule has 3 fully saturated rings. The molecule has 1 aliphatic carbocycles. The quantitative estimate of drug-likeness (QED) is 0.0938. The highest BCUT2D eigenvalue weighted by Crippen LogP contribution is 2.40. The van der Waals surface area contributed by atoms with E-state index in [1.54, 1.807) is 36.4 Å². The van der Waals surface area contributed by atoms with Crippen LogP contribution in [0.25, 0.3) is 0 Å². The Bertz CT molecular complexity index is 2290. The largest absolute Gasteiger partial charge is 0.496 e. The lowest BCUT2D eigenvalue weighted by Crippen LogP contribution is -2.55. The van der Waals surface area contributed by atoms with Gasteiger partial charge in [0.2, 0.25) is 23.6 Å². The Labute approximate surface area is 380 Å². The number of aromatic nitrogens is 2. The van der Waals surface area contributed by atoms with Gasteiger partial charge in [0, 0.05) is 86.4 Å². The summed E-state index contributed by atoms with van der Waals surface area (Å²) in [5, 5.41) is 5.26. The smallest absolute Gasteiger partial charge is 0.255 e. The molecule has 0 spiro atoms. The van der Waals surface area contributed by atoms with Crippen molar-refractivity contribution in [3.63, 3.8) is 0 Å². The van der Waals surface area contributed by atoms with Gasteiger partial charge in [-0.2, -0.15) is 0 Å². The molecule has 2 atom stereocenters. The van der Waals surface area contributed by atoms with Gasteiger partial charge in [-0.15, -0.1) is 0 Å². The first-order valence-corrected chi connectivity index (χ1v) is 23.5. The number of nitrogens with zero attached hydrogens (tertiary/aromatic N) is 6. The van der Waals surface area contributed by atoms with Crippen molar-refractivity contribution in [2.75, 3.05) is 62.1 Å². The maximum absolute atomic E-state index is 13.5. The Morgan fingerprint density at radius 3 is 2.52 bits per heavy atom. The van der Waals surface area contributed by atoms with Crippen LogP contribution < -0.4 is 25.2 Å². The third-order valence-electron chi connectivity index (χ3n) is 14.0. The van der Waals surface area contributed by atoms with E-state index in [0.717, 1.165) is 81.6 Å². The number of likely N-dealkylation sites (tertiary alicyclic amines) is 1. The van der Waals surface area contributed by atoms with Crippen LogP contribution >= 0.6 is 0 Å². The van der Waals surface area contributed by atoms with Crippen LogP contribution in [0, 0.1) is 5.92 Å². The van der Waals surface area contributed by atoms with E-state index in [0.29, 0.717) is 91.2 Å². The first kappa shape index (κ1) is 45.8. The Hall–Kier alpha value is -5.74. The molecule has 2 N–H and O–H groups in total. The summed E-state index contributed by atoms with van der Waals surface area (Å²) in [6.45, 7) is 6.04. The number of nitrogens with one attached hydrogen (secondary N) is 2. The predicted octanol–water partition coefficient (Wildman–Crippen LogP) is 5.45. The summed E-state index contributed by atoms with van der Waals surface area (Å²) >= 11 is 0. The number of Topliss-reactive ketones (excluding diaryl/α,β-unsaturated/α-hetero) is 1. The van der Waals surface area contributed by atoms with Crippen molar-refractivity contribution in [1.29, 1.82) is 0 Å². The maximum atomic E-state index is 13.5. The van der Waals surface area contributed by atoms with Gasteiger partial charge in [0.15, 0.2) is 11.6 Å². The number of unbranched alkanes of at least 4 members (excludes halogenated alkanes) is 1. The molecule has 3 aromatic rings. The summed E-state index contributed by atoms with van der Waals surface area (Å²) in [6.07, 6.45) is 11.9. The molecule has 0 radical (unpaired) electrons. The van der Waals surface area contributed by atoms with Crippen molar-refractivity contribution in [2.45, 2.75) is 121 Å². The van der Waals surface area contributed by atoms with Crippen LogP contribution in [-0.4, -0.2) is 120 Å². The van der Waals surface area contributed by atoms with E-state index in [1.807, 2.05) is 25.2 Å². The molecule has 1 aromatic heterocycles. The zero-order valence-electron chi connectivity index (χ0n) is 37.9. The average molecular weight is 891 g/mol. The Morgan fingerprint density at radius 2 is 1.77 bits per heavy atom. The number of anilines is 3. The lowest BCUT2D eigenvalue weighted by Gasteiger charge is -2.43. The average Bonchev–Trinajstić information content (AvgIpc) is 3.96. The zero-order valence-corrected chi connectivity index (χ0v) is 37.9. The third kappa shape index (κ3) is 10.2. The normalized spacial score (nSPS) is 20.6. The molecule has 0 bridgehead atoms. The van der Waals surface area contributed by atoms with Gasteiger partial charge in [0.1, 0.15) is 29.3 Å². The SMILES string of the molecule is CC[C@@H]1C(=O)N(C)c2cnc(Cc3ccc(C(=O)CC4CCN(CCOCCCCC(=O)Nc5cccc6c5CN(C5CCC(=O)NC5=O)C6=O)CC4)cc3OC)nc2N1C1CCCC1. The zero-order chi connectivity index (χ0) is 45.6. The minimum absolute atomic E-state index is 0.0895. The van der Waals surface area contributed by atoms with E-state index in [2.05, 4.69) is 32.3 Å². The van der Waals surface area contributed by atoms with E-state index in [-0.39, 0.29) is 54.8 Å². The number of ether oxygens (including phenoxy) is 2. The molecule has 346 valence electrons. The molecule has 4 aliphatic heterocycles.